The summed E-state index contributed by atoms with van der Waals surface area (Å²) in [5.74, 6) is 1.71. The van der Waals surface area contributed by atoms with Gasteiger partial charge in [-0.3, -0.25) is 0 Å². The Labute approximate surface area is 171 Å². The SMILES string of the molecule is COc1ccccc1OCCNc1ncncc1-c1nc(-c2ccccc2F)no1. The fourth-order valence-electron chi connectivity index (χ4n) is 2.78. The molecule has 1 N–H and O–H groups in total. The average Bonchev–Trinajstić information content (AvgIpc) is 3.27. The van der Waals surface area contributed by atoms with Gasteiger partial charge in [0.25, 0.3) is 5.89 Å². The summed E-state index contributed by atoms with van der Waals surface area (Å²) in [4.78, 5) is 12.5. The van der Waals surface area contributed by atoms with Crippen molar-refractivity contribution in [3.8, 4) is 34.3 Å². The Morgan fingerprint density at radius 1 is 1.03 bits per heavy atom. The highest BCUT2D eigenvalue weighted by atomic mass is 19.1. The van der Waals surface area contributed by atoms with Gasteiger partial charge in [-0.2, -0.15) is 4.98 Å². The topological polar surface area (TPSA) is 95.2 Å². The van der Waals surface area contributed by atoms with Gasteiger partial charge < -0.3 is 19.3 Å². The van der Waals surface area contributed by atoms with Crippen LogP contribution in [0, 0.1) is 5.82 Å². The maximum Gasteiger partial charge on any atom is 0.263 e. The molecule has 0 fully saturated rings. The zero-order valence-corrected chi connectivity index (χ0v) is 16.1. The Morgan fingerprint density at radius 3 is 2.67 bits per heavy atom. The van der Waals surface area contributed by atoms with Gasteiger partial charge in [-0.15, -0.1) is 0 Å². The van der Waals surface area contributed by atoms with Crippen LogP contribution in [0.5, 0.6) is 11.5 Å². The first kappa shape index (κ1) is 19.3. The Balaban J connectivity index is 1.45. The fourth-order valence-corrected chi connectivity index (χ4v) is 2.78. The first-order valence-electron chi connectivity index (χ1n) is 9.15. The fraction of sp³-hybridized carbons (Fsp3) is 0.143. The van der Waals surface area contributed by atoms with Gasteiger partial charge in [-0.1, -0.05) is 29.4 Å². The van der Waals surface area contributed by atoms with Gasteiger partial charge >= 0.3 is 0 Å². The second-order valence-corrected chi connectivity index (χ2v) is 6.11. The van der Waals surface area contributed by atoms with E-state index in [9.17, 15) is 4.39 Å². The van der Waals surface area contributed by atoms with Crippen LogP contribution in [0.25, 0.3) is 22.8 Å². The van der Waals surface area contributed by atoms with Gasteiger partial charge in [-0.05, 0) is 24.3 Å². The molecule has 0 atom stereocenters. The number of hydrogen-bond donors (Lipinski definition) is 1. The number of rotatable bonds is 8. The van der Waals surface area contributed by atoms with E-state index in [1.165, 1.54) is 12.4 Å². The molecular formula is C21H18FN5O3. The molecule has 0 bridgehead atoms. The lowest BCUT2D eigenvalue weighted by molar-refractivity contribution is 0.306. The molecule has 2 heterocycles. The molecule has 8 nitrogen and oxygen atoms in total. The highest BCUT2D eigenvalue weighted by Gasteiger charge is 2.17. The molecule has 0 radical (unpaired) electrons. The quantitative estimate of drug-likeness (QED) is 0.440. The van der Waals surface area contributed by atoms with Crippen LogP contribution in [0.15, 0.2) is 65.6 Å². The molecule has 0 saturated heterocycles. The monoisotopic (exact) mass is 407 g/mol. The van der Waals surface area contributed by atoms with Crippen LogP contribution in [0.1, 0.15) is 0 Å². The number of benzene rings is 2. The van der Waals surface area contributed by atoms with Crippen LogP contribution in [0.4, 0.5) is 10.2 Å². The molecule has 2 aromatic heterocycles. The summed E-state index contributed by atoms with van der Waals surface area (Å²) in [6.45, 7) is 0.824. The van der Waals surface area contributed by atoms with E-state index in [0.717, 1.165) is 0 Å². The van der Waals surface area contributed by atoms with Crippen molar-refractivity contribution in [2.45, 2.75) is 0 Å². The molecule has 30 heavy (non-hydrogen) atoms. The zero-order valence-electron chi connectivity index (χ0n) is 16.1. The number of nitrogens with one attached hydrogen (secondary N) is 1. The first-order chi connectivity index (χ1) is 14.8. The van der Waals surface area contributed by atoms with E-state index in [0.29, 0.717) is 36.0 Å². The molecule has 4 rings (SSSR count). The molecule has 152 valence electrons. The summed E-state index contributed by atoms with van der Waals surface area (Å²) in [6.07, 6.45) is 2.95. The van der Waals surface area contributed by atoms with Crippen LogP contribution >= 0.6 is 0 Å². The first-order valence-corrected chi connectivity index (χ1v) is 9.15. The molecular weight excluding hydrogens is 389 g/mol. The van der Waals surface area contributed by atoms with Crippen LogP contribution in [-0.2, 0) is 0 Å². The van der Waals surface area contributed by atoms with Crippen molar-refractivity contribution in [3.05, 3.63) is 66.9 Å². The van der Waals surface area contributed by atoms with Crippen molar-refractivity contribution in [1.82, 2.24) is 20.1 Å². The lowest BCUT2D eigenvalue weighted by Crippen LogP contribution is -2.13. The van der Waals surface area contributed by atoms with Crippen LogP contribution < -0.4 is 14.8 Å². The average molecular weight is 407 g/mol. The number of nitrogens with zero attached hydrogens (tertiary/aromatic N) is 4. The molecule has 0 spiro atoms. The Kier molecular flexibility index (Phi) is 5.79. The number of anilines is 1. The number of methoxy groups -OCH3 is 1. The third-order valence-electron chi connectivity index (χ3n) is 4.20. The van der Waals surface area contributed by atoms with Crippen molar-refractivity contribution in [3.63, 3.8) is 0 Å². The number of hydrogen-bond acceptors (Lipinski definition) is 8. The Hall–Kier alpha value is -4.01. The molecule has 0 amide bonds. The van der Waals surface area contributed by atoms with Gasteiger partial charge in [0.1, 0.15) is 30.1 Å². The third-order valence-corrected chi connectivity index (χ3v) is 4.20. The lowest BCUT2D eigenvalue weighted by Gasteiger charge is -2.11. The zero-order chi connectivity index (χ0) is 20.8. The van der Waals surface area contributed by atoms with Gasteiger partial charge in [0, 0.05) is 6.20 Å². The molecule has 0 aliphatic carbocycles. The summed E-state index contributed by atoms with van der Waals surface area (Å²) in [7, 11) is 1.59. The molecule has 4 aromatic rings. The summed E-state index contributed by atoms with van der Waals surface area (Å²) in [5, 5.41) is 7.03. The van der Waals surface area contributed by atoms with Crippen molar-refractivity contribution in [2.75, 3.05) is 25.6 Å². The van der Waals surface area contributed by atoms with Gasteiger partial charge in [0.2, 0.25) is 5.82 Å². The van der Waals surface area contributed by atoms with E-state index in [2.05, 4.69) is 25.4 Å². The largest absolute Gasteiger partial charge is 0.493 e. The predicted octanol–water partition coefficient (Wildman–Crippen LogP) is 3.83. The molecule has 0 aliphatic heterocycles. The third kappa shape index (κ3) is 4.19. The number of para-hydroxylation sites is 2. The van der Waals surface area contributed by atoms with Crippen LogP contribution in [0.2, 0.25) is 0 Å². The van der Waals surface area contributed by atoms with E-state index in [1.54, 1.807) is 31.5 Å². The normalized spacial score (nSPS) is 10.6. The standard InChI is InChI=1S/C21H18FN5O3/c1-28-17-8-4-5-9-18(17)29-11-10-24-19-15(12-23-13-25-19)21-26-20(27-30-21)14-6-2-3-7-16(14)22/h2-9,12-13H,10-11H2,1H3,(H,23,24,25). The number of ether oxygens (including phenoxy) is 2. The van der Waals surface area contributed by atoms with Crippen molar-refractivity contribution in [1.29, 1.82) is 0 Å². The second-order valence-electron chi connectivity index (χ2n) is 6.11. The minimum absolute atomic E-state index is 0.150. The van der Waals surface area contributed by atoms with Gasteiger partial charge in [-0.25, -0.2) is 14.4 Å². The maximum absolute atomic E-state index is 14.0. The molecule has 2 aromatic carbocycles. The Bertz CT molecular complexity index is 1130. The van der Waals surface area contributed by atoms with Crippen LogP contribution in [0.3, 0.4) is 0 Å². The second kappa shape index (κ2) is 8.99. The van der Waals surface area contributed by atoms with Crippen LogP contribution in [-0.4, -0.2) is 40.4 Å². The van der Waals surface area contributed by atoms with Crippen molar-refractivity contribution >= 4 is 5.82 Å². The van der Waals surface area contributed by atoms with E-state index >= 15 is 0 Å². The van der Waals surface area contributed by atoms with E-state index in [-0.39, 0.29) is 17.3 Å². The van der Waals surface area contributed by atoms with E-state index in [4.69, 9.17) is 14.0 Å². The minimum atomic E-state index is -0.430. The molecule has 0 saturated carbocycles. The summed E-state index contributed by atoms with van der Waals surface area (Å²) < 4.78 is 30.3. The van der Waals surface area contributed by atoms with Crippen molar-refractivity contribution < 1.29 is 18.4 Å². The Morgan fingerprint density at radius 2 is 1.83 bits per heavy atom. The summed E-state index contributed by atoms with van der Waals surface area (Å²) in [5.41, 5.74) is 0.758. The highest BCUT2D eigenvalue weighted by molar-refractivity contribution is 5.69. The summed E-state index contributed by atoms with van der Waals surface area (Å²) in [6, 6.07) is 13.6. The van der Waals surface area contributed by atoms with E-state index < -0.39 is 5.82 Å². The van der Waals surface area contributed by atoms with Gasteiger partial charge in [0.05, 0.1) is 19.2 Å². The van der Waals surface area contributed by atoms with Crippen molar-refractivity contribution in [2.24, 2.45) is 0 Å². The summed E-state index contributed by atoms with van der Waals surface area (Å²) >= 11 is 0. The minimum Gasteiger partial charge on any atom is -0.493 e. The lowest BCUT2D eigenvalue weighted by atomic mass is 10.2. The number of halogens is 1. The molecule has 0 aliphatic rings. The van der Waals surface area contributed by atoms with Gasteiger partial charge in [0.15, 0.2) is 11.5 Å². The van der Waals surface area contributed by atoms with E-state index in [1.807, 2.05) is 24.3 Å². The molecule has 9 heteroatoms. The molecule has 0 unspecified atom stereocenters. The predicted molar refractivity (Wildman–Crippen MR) is 108 cm³/mol. The highest BCUT2D eigenvalue weighted by Crippen LogP contribution is 2.28. The smallest absolute Gasteiger partial charge is 0.263 e. The number of aromatic nitrogens is 4. The maximum atomic E-state index is 14.0.